The van der Waals surface area contributed by atoms with Crippen LogP contribution in [0.2, 0.25) is 0 Å². The number of aromatic amines is 1. The number of benzene rings is 2. The Bertz CT molecular complexity index is 1200. The summed E-state index contributed by atoms with van der Waals surface area (Å²) in [5.41, 5.74) is 4.99. The Morgan fingerprint density at radius 3 is 2.67 bits per heavy atom. The highest BCUT2D eigenvalue weighted by molar-refractivity contribution is 5.87. The van der Waals surface area contributed by atoms with E-state index in [9.17, 15) is 0 Å². The van der Waals surface area contributed by atoms with Gasteiger partial charge in [-0.2, -0.15) is 9.97 Å². The van der Waals surface area contributed by atoms with Crippen LogP contribution in [0.25, 0.3) is 11.2 Å². The second-order valence-corrected chi connectivity index (χ2v) is 8.26. The van der Waals surface area contributed by atoms with Gasteiger partial charge in [-0.25, -0.2) is 4.98 Å². The second kappa shape index (κ2) is 9.87. The fraction of sp³-hybridized carbons (Fsp3) is 0.320. The number of ether oxygens (including phenoxy) is 1. The number of hydrogen-bond acceptors (Lipinski definition) is 7. The third-order valence-corrected chi connectivity index (χ3v) is 5.69. The smallest absolute Gasteiger partial charge is 0.226 e. The Hall–Kier alpha value is -3.65. The summed E-state index contributed by atoms with van der Waals surface area (Å²) in [6.07, 6.45) is 2.02. The first kappa shape index (κ1) is 21.2. The molecule has 8 heteroatoms. The molecule has 0 radical (unpaired) electrons. The Labute approximate surface area is 193 Å². The van der Waals surface area contributed by atoms with Crippen LogP contribution < -0.4 is 15.5 Å². The Balaban J connectivity index is 1.36. The zero-order chi connectivity index (χ0) is 22.5. The second-order valence-electron chi connectivity index (χ2n) is 8.26. The minimum Gasteiger partial charge on any atom is -0.378 e. The number of rotatable bonds is 8. The van der Waals surface area contributed by atoms with Gasteiger partial charge in [0.25, 0.3) is 0 Å². The number of aromatic nitrogens is 4. The van der Waals surface area contributed by atoms with E-state index >= 15 is 0 Å². The van der Waals surface area contributed by atoms with Gasteiger partial charge in [-0.1, -0.05) is 42.5 Å². The molecule has 5 rings (SSSR count). The fourth-order valence-electron chi connectivity index (χ4n) is 4.02. The monoisotopic (exact) mass is 443 g/mol. The highest BCUT2D eigenvalue weighted by Crippen LogP contribution is 2.27. The molecular formula is C25H29N7O. The molecule has 4 aromatic rings. The number of morpholine rings is 1. The van der Waals surface area contributed by atoms with Crippen LogP contribution in [0.15, 0.2) is 54.6 Å². The van der Waals surface area contributed by atoms with Crippen LogP contribution in [0.5, 0.6) is 0 Å². The van der Waals surface area contributed by atoms with Crippen molar-refractivity contribution in [3.8, 4) is 0 Å². The SMILES string of the molecule is Cc1cccc(Nc2nc3c(N4CCOCC4)nc(NCCCc4ccccc4)nc3[nH]2)c1. The molecule has 1 aliphatic rings. The molecule has 8 nitrogen and oxygen atoms in total. The zero-order valence-corrected chi connectivity index (χ0v) is 18.8. The van der Waals surface area contributed by atoms with Crippen molar-refractivity contribution in [1.82, 2.24) is 19.9 Å². The third-order valence-electron chi connectivity index (χ3n) is 5.69. The van der Waals surface area contributed by atoms with Gasteiger partial charge in [0, 0.05) is 25.3 Å². The lowest BCUT2D eigenvalue weighted by atomic mass is 10.1. The van der Waals surface area contributed by atoms with E-state index in [1.807, 2.05) is 18.2 Å². The number of aryl methyl sites for hydroxylation is 2. The molecule has 0 bridgehead atoms. The van der Waals surface area contributed by atoms with Crippen molar-refractivity contribution in [2.75, 3.05) is 48.4 Å². The van der Waals surface area contributed by atoms with Crippen molar-refractivity contribution in [2.45, 2.75) is 19.8 Å². The van der Waals surface area contributed by atoms with Crippen LogP contribution >= 0.6 is 0 Å². The van der Waals surface area contributed by atoms with Gasteiger partial charge in [-0.15, -0.1) is 0 Å². The van der Waals surface area contributed by atoms with Crippen molar-refractivity contribution in [1.29, 1.82) is 0 Å². The van der Waals surface area contributed by atoms with Gasteiger partial charge in [-0.3, -0.25) is 0 Å². The van der Waals surface area contributed by atoms with Gasteiger partial charge >= 0.3 is 0 Å². The molecule has 0 atom stereocenters. The van der Waals surface area contributed by atoms with E-state index < -0.39 is 0 Å². The normalized spacial score (nSPS) is 13.9. The average Bonchev–Trinajstić information content (AvgIpc) is 3.25. The number of nitrogens with one attached hydrogen (secondary N) is 3. The minimum absolute atomic E-state index is 0.614. The van der Waals surface area contributed by atoms with Crippen molar-refractivity contribution < 1.29 is 4.74 Å². The molecule has 3 heterocycles. The number of fused-ring (bicyclic) bond motifs is 1. The van der Waals surface area contributed by atoms with E-state index in [-0.39, 0.29) is 0 Å². The average molecular weight is 444 g/mol. The van der Waals surface area contributed by atoms with Crippen LogP contribution in [0.1, 0.15) is 17.5 Å². The highest BCUT2D eigenvalue weighted by Gasteiger charge is 2.20. The maximum Gasteiger partial charge on any atom is 0.226 e. The molecule has 0 spiro atoms. The van der Waals surface area contributed by atoms with E-state index in [1.54, 1.807) is 0 Å². The summed E-state index contributed by atoms with van der Waals surface area (Å²) >= 11 is 0. The van der Waals surface area contributed by atoms with Crippen LogP contribution in [-0.4, -0.2) is 52.8 Å². The summed E-state index contributed by atoms with van der Waals surface area (Å²) in [5.74, 6) is 2.10. The van der Waals surface area contributed by atoms with Crippen LogP contribution in [0.3, 0.4) is 0 Å². The lowest BCUT2D eigenvalue weighted by molar-refractivity contribution is 0.122. The molecule has 33 heavy (non-hydrogen) atoms. The minimum atomic E-state index is 0.614. The maximum atomic E-state index is 5.54. The van der Waals surface area contributed by atoms with Gasteiger partial charge in [0.2, 0.25) is 11.9 Å². The van der Waals surface area contributed by atoms with Gasteiger partial charge < -0.3 is 25.3 Å². The Morgan fingerprint density at radius 2 is 1.85 bits per heavy atom. The molecule has 1 saturated heterocycles. The van der Waals surface area contributed by atoms with E-state index in [2.05, 4.69) is 63.8 Å². The van der Waals surface area contributed by atoms with Gasteiger partial charge in [0.15, 0.2) is 17.0 Å². The summed E-state index contributed by atoms with van der Waals surface area (Å²) in [6.45, 7) is 5.81. The molecular weight excluding hydrogens is 414 g/mol. The summed E-state index contributed by atoms with van der Waals surface area (Å²) in [7, 11) is 0. The van der Waals surface area contributed by atoms with Gasteiger partial charge in [0.1, 0.15) is 0 Å². The van der Waals surface area contributed by atoms with E-state index in [1.165, 1.54) is 11.1 Å². The summed E-state index contributed by atoms with van der Waals surface area (Å²) in [5, 5.41) is 6.76. The van der Waals surface area contributed by atoms with Crippen LogP contribution in [0, 0.1) is 6.92 Å². The Morgan fingerprint density at radius 1 is 1.00 bits per heavy atom. The number of nitrogens with zero attached hydrogens (tertiary/aromatic N) is 4. The molecule has 0 unspecified atom stereocenters. The number of hydrogen-bond donors (Lipinski definition) is 3. The highest BCUT2D eigenvalue weighted by atomic mass is 16.5. The van der Waals surface area contributed by atoms with Gasteiger partial charge in [0.05, 0.1) is 13.2 Å². The molecule has 0 aliphatic carbocycles. The topological polar surface area (TPSA) is 91.0 Å². The van der Waals surface area contributed by atoms with Crippen LogP contribution in [-0.2, 0) is 11.2 Å². The lowest BCUT2D eigenvalue weighted by Gasteiger charge is -2.28. The molecule has 0 saturated carbocycles. The quantitative estimate of drug-likeness (QED) is 0.350. The molecule has 2 aromatic heterocycles. The third kappa shape index (κ3) is 5.23. The van der Waals surface area contributed by atoms with Crippen LogP contribution in [0.4, 0.5) is 23.4 Å². The number of imidazole rings is 1. The van der Waals surface area contributed by atoms with E-state index in [4.69, 9.17) is 19.7 Å². The molecule has 2 aromatic carbocycles. The number of H-pyrrole nitrogens is 1. The lowest BCUT2D eigenvalue weighted by Crippen LogP contribution is -2.37. The molecule has 3 N–H and O–H groups in total. The first-order chi connectivity index (χ1) is 16.2. The summed E-state index contributed by atoms with van der Waals surface area (Å²) in [6, 6.07) is 18.7. The molecule has 1 aliphatic heterocycles. The molecule has 1 fully saturated rings. The zero-order valence-electron chi connectivity index (χ0n) is 18.8. The van der Waals surface area contributed by atoms with Crippen molar-refractivity contribution in [3.63, 3.8) is 0 Å². The maximum absolute atomic E-state index is 5.54. The molecule has 0 amide bonds. The van der Waals surface area contributed by atoms with Crippen molar-refractivity contribution in [3.05, 3.63) is 65.7 Å². The molecule has 170 valence electrons. The summed E-state index contributed by atoms with van der Waals surface area (Å²) in [4.78, 5) is 19.9. The first-order valence-electron chi connectivity index (χ1n) is 11.5. The largest absolute Gasteiger partial charge is 0.378 e. The predicted molar refractivity (Wildman–Crippen MR) is 132 cm³/mol. The summed E-state index contributed by atoms with van der Waals surface area (Å²) < 4.78 is 5.54. The van der Waals surface area contributed by atoms with E-state index in [0.717, 1.165) is 49.5 Å². The Kier molecular flexibility index (Phi) is 6.34. The predicted octanol–water partition coefficient (Wildman–Crippen LogP) is 4.29. The van der Waals surface area contributed by atoms with Crippen molar-refractivity contribution in [2.24, 2.45) is 0 Å². The fourth-order valence-corrected chi connectivity index (χ4v) is 4.02. The van der Waals surface area contributed by atoms with E-state index in [0.29, 0.717) is 30.8 Å². The standard InChI is InChI=1S/C25H29N7O/c1-18-7-5-11-20(17-18)27-25-28-21-22(30-25)29-24(31-23(21)32-13-15-33-16-14-32)26-12-6-10-19-8-3-2-4-9-19/h2-5,7-9,11,17H,6,10,12-16H2,1H3,(H3,26,27,28,29,30,31). The first-order valence-corrected chi connectivity index (χ1v) is 11.5. The van der Waals surface area contributed by atoms with Crippen molar-refractivity contribution >= 4 is 34.6 Å². The number of anilines is 4. The van der Waals surface area contributed by atoms with Gasteiger partial charge in [-0.05, 0) is 43.0 Å².